The molecule has 0 spiro atoms. The highest BCUT2D eigenvalue weighted by atomic mass is 79.9. The van der Waals surface area contributed by atoms with Gasteiger partial charge in [0.1, 0.15) is 0 Å². The maximum absolute atomic E-state index is 12.2. The third-order valence-corrected chi connectivity index (χ3v) is 1.95. The molecule has 0 aliphatic rings. The normalized spacial score (nSPS) is 10.6. The van der Waals surface area contributed by atoms with E-state index in [2.05, 4.69) is 15.9 Å². The van der Waals surface area contributed by atoms with E-state index in [0.29, 0.717) is 4.47 Å². The molecule has 0 fully saturated rings. The van der Waals surface area contributed by atoms with Crippen molar-refractivity contribution >= 4 is 28.5 Å². The lowest BCUT2D eigenvalue weighted by molar-refractivity contribution is 0.151. The van der Waals surface area contributed by atoms with E-state index in [1.807, 2.05) is 0 Å². The van der Waals surface area contributed by atoms with Crippen LogP contribution in [0.2, 0.25) is 0 Å². The number of alkyl halides is 2. The Bertz CT molecular complexity index is 280. The summed E-state index contributed by atoms with van der Waals surface area (Å²) in [4.78, 5) is 0. The highest BCUT2D eigenvalue weighted by Gasteiger charge is 2.15. The van der Waals surface area contributed by atoms with Gasteiger partial charge in [0.15, 0.2) is 0 Å². The van der Waals surface area contributed by atoms with Crippen molar-refractivity contribution in [3.05, 3.63) is 28.2 Å². The van der Waals surface area contributed by atoms with Crippen molar-refractivity contribution in [2.24, 2.45) is 0 Å². The Kier molecular flexibility index (Phi) is 3.41. The van der Waals surface area contributed by atoms with E-state index in [0.717, 1.165) is 6.07 Å². The number of hydrogen-bond acceptors (Lipinski definition) is 2. The van der Waals surface area contributed by atoms with E-state index in [4.69, 9.17) is 10.0 Å². The molecule has 1 aromatic carbocycles. The van der Waals surface area contributed by atoms with Gasteiger partial charge in [-0.15, -0.1) is 0 Å². The molecule has 0 aliphatic carbocycles. The summed E-state index contributed by atoms with van der Waals surface area (Å²) in [5.41, 5.74) is -0.192. The van der Waals surface area contributed by atoms with Gasteiger partial charge in [0.25, 0.3) is 6.43 Å². The van der Waals surface area contributed by atoms with E-state index >= 15 is 0 Å². The molecule has 0 bridgehead atoms. The van der Waals surface area contributed by atoms with Crippen LogP contribution in [0.25, 0.3) is 0 Å². The number of rotatable bonds is 2. The fraction of sp³-hybridized carbons (Fsp3) is 0.143. The van der Waals surface area contributed by atoms with Crippen molar-refractivity contribution in [2.45, 2.75) is 6.43 Å². The van der Waals surface area contributed by atoms with Crippen LogP contribution in [0.5, 0.6) is 0 Å². The molecule has 2 N–H and O–H groups in total. The van der Waals surface area contributed by atoms with Gasteiger partial charge in [-0.05, 0) is 17.6 Å². The molecule has 2 nitrogen and oxygen atoms in total. The Hall–Kier alpha value is -0.455. The summed E-state index contributed by atoms with van der Waals surface area (Å²) in [5, 5.41) is 17.5. The smallest absolute Gasteiger partial charge is 0.423 e. The zero-order chi connectivity index (χ0) is 10.0. The van der Waals surface area contributed by atoms with Gasteiger partial charge in [0.05, 0.1) is 0 Å². The monoisotopic (exact) mass is 250 g/mol. The molecular weight excluding hydrogens is 245 g/mol. The lowest BCUT2D eigenvalue weighted by Gasteiger charge is -2.04. The minimum Gasteiger partial charge on any atom is -0.423 e. The van der Waals surface area contributed by atoms with Crippen LogP contribution in [0.4, 0.5) is 8.78 Å². The predicted octanol–water partition coefficient (Wildman–Crippen LogP) is 1.07. The molecule has 0 radical (unpaired) electrons. The molecule has 6 heteroatoms. The predicted molar refractivity (Wildman–Crippen MR) is 48.9 cm³/mol. The Morgan fingerprint density at radius 3 is 2.31 bits per heavy atom. The van der Waals surface area contributed by atoms with Crippen molar-refractivity contribution in [3.8, 4) is 0 Å². The van der Waals surface area contributed by atoms with Crippen LogP contribution in [0.15, 0.2) is 22.7 Å². The van der Waals surface area contributed by atoms with E-state index in [1.54, 1.807) is 0 Å². The van der Waals surface area contributed by atoms with Crippen LogP contribution in [0.1, 0.15) is 12.0 Å². The molecule has 0 amide bonds. The fourth-order valence-electron chi connectivity index (χ4n) is 0.911. The van der Waals surface area contributed by atoms with Gasteiger partial charge in [0, 0.05) is 10.0 Å². The zero-order valence-corrected chi connectivity index (χ0v) is 8.00. The molecule has 0 aliphatic heterocycles. The molecule has 0 saturated heterocycles. The van der Waals surface area contributed by atoms with Crippen LogP contribution in [0.3, 0.4) is 0 Å². The molecule has 0 unspecified atom stereocenters. The zero-order valence-electron chi connectivity index (χ0n) is 6.42. The van der Waals surface area contributed by atoms with Gasteiger partial charge < -0.3 is 10.0 Å². The molecule has 0 saturated carbocycles. The lowest BCUT2D eigenvalue weighted by atomic mass is 9.80. The van der Waals surface area contributed by atoms with Gasteiger partial charge in [-0.3, -0.25) is 0 Å². The van der Waals surface area contributed by atoms with Crippen molar-refractivity contribution in [3.63, 3.8) is 0 Å². The summed E-state index contributed by atoms with van der Waals surface area (Å²) < 4.78 is 24.8. The number of hydrogen-bond donors (Lipinski definition) is 2. The first-order chi connectivity index (χ1) is 6.00. The van der Waals surface area contributed by atoms with E-state index in [-0.39, 0.29) is 11.0 Å². The van der Waals surface area contributed by atoms with Crippen LogP contribution in [-0.2, 0) is 0 Å². The van der Waals surface area contributed by atoms with Gasteiger partial charge in [0.2, 0.25) is 0 Å². The quantitative estimate of drug-likeness (QED) is 0.771. The minimum absolute atomic E-state index is 0.0460. The molecule has 0 aromatic heterocycles. The van der Waals surface area contributed by atoms with Crippen LogP contribution < -0.4 is 5.46 Å². The first-order valence-electron chi connectivity index (χ1n) is 3.45. The molecule has 1 rings (SSSR count). The first kappa shape index (κ1) is 10.6. The van der Waals surface area contributed by atoms with Crippen molar-refractivity contribution in [1.82, 2.24) is 0 Å². The second kappa shape index (κ2) is 4.17. The molecule has 1 aromatic rings. The van der Waals surface area contributed by atoms with E-state index in [1.165, 1.54) is 12.1 Å². The van der Waals surface area contributed by atoms with Gasteiger partial charge in [-0.2, -0.15) is 0 Å². The lowest BCUT2D eigenvalue weighted by Crippen LogP contribution is -2.30. The molecule has 70 valence electrons. The second-order valence-corrected chi connectivity index (χ2v) is 3.41. The first-order valence-corrected chi connectivity index (χ1v) is 4.24. The SMILES string of the molecule is OB(O)c1cc(Br)cc(C(F)F)c1. The molecule has 0 atom stereocenters. The standard InChI is InChI=1S/C7H6BBrF2O2/c9-6-2-4(7(10)11)1-5(3-6)8(12)13/h1-3,7,12-13H. The number of benzene rings is 1. The van der Waals surface area contributed by atoms with Gasteiger partial charge >= 0.3 is 7.12 Å². The summed E-state index contributed by atoms with van der Waals surface area (Å²) >= 11 is 2.99. The average Bonchev–Trinajstić information content (AvgIpc) is 2.03. The van der Waals surface area contributed by atoms with Gasteiger partial charge in [-0.25, -0.2) is 8.78 Å². The molecular formula is C7H6BBrF2O2. The Morgan fingerprint density at radius 1 is 1.23 bits per heavy atom. The molecule has 0 heterocycles. The van der Waals surface area contributed by atoms with E-state index < -0.39 is 13.5 Å². The summed E-state index contributed by atoms with van der Waals surface area (Å²) in [6.45, 7) is 0. The van der Waals surface area contributed by atoms with Crippen LogP contribution in [0, 0.1) is 0 Å². The highest BCUT2D eigenvalue weighted by Crippen LogP contribution is 2.21. The van der Waals surface area contributed by atoms with Crippen LogP contribution >= 0.6 is 15.9 Å². The third kappa shape index (κ3) is 2.75. The largest absolute Gasteiger partial charge is 0.488 e. The van der Waals surface area contributed by atoms with E-state index in [9.17, 15) is 8.78 Å². The summed E-state index contributed by atoms with van der Waals surface area (Å²) in [6.07, 6.45) is -2.62. The van der Waals surface area contributed by atoms with Gasteiger partial charge in [-0.1, -0.05) is 22.0 Å². The fourth-order valence-corrected chi connectivity index (χ4v) is 1.44. The Balaban J connectivity index is 3.11. The molecule has 13 heavy (non-hydrogen) atoms. The second-order valence-electron chi connectivity index (χ2n) is 2.49. The van der Waals surface area contributed by atoms with Crippen molar-refractivity contribution in [2.75, 3.05) is 0 Å². The summed E-state index contributed by atoms with van der Waals surface area (Å²) in [6, 6.07) is 3.66. The topological polar surface area (TPSA) is 40.5 Å². The minimum atomic E-state index is -2.62. The summed E-state index contributed by atoms with van der Waals surface area (Å²) in [5.74, 6) is 0. The Labute approximate surface area is 82.5 Å². The number of halogens is 3. The summed E-state index contributed by atoms with van der Waals surface area (Å²) in [7, 11) is -1.73. The van der Waals surface area contributed by atoms with Crippen LogP contribution in [-0.4, -0.2) is 17.2 Å². The van der Waals surface area contributed by atoms with Crippen molar-refractivity contribution in [1.29, 1.82) is 0 Å². The Morgan fingerprint density at radius 2 is 1.85 bits per heavy atom. The average molecular weight is 251 g/mol. The maximum atomic E-state index is 12.2. The highest BCUT2D eigenvalue weighted by molar-refractivity contribution is 9.10. The third-order valence-electron chi connectivity index (χ3n) is 1.49. The van der Waals surface area contributed by atoms with Crippen molar-refractivity contribution < 1.29 is 18.8 Å². The maximum Gasteiger partial charge on any atom is 0.488 e.